The number of nitrogens with zero attached hydrogens (tertiary/aromatic N) is 1. The van der Waals surface area contributed by atoms with E-state index in [1.165, 1.54) is 0 Å². The van der Waals surface area contributed by atoms with Crippen LogP contribution in [0.4, 0.5) is 0 Å². The molecule has 64 valence electrons. The van der Waals surface area contributed by atoms with Crippen LogP contribution in [0.3, 0.4) is 0 Å². The molecule has 0 aromatic heterocycles. The van der Waals surface area contributed by atoms with E-state index in [1.54, 1.807) is 6.21 Å². The Bertz CT molecular complexity index is 159. The Morgan fingerprint density at radius 2 is 1.91 bits per heavy atom. The van der Waals surface area contributed by atoms with Crippen LogP contribution in [0.5, 0.6) is 0 Å². The third kappa shape index (κ3) is 5.02. The molecule has 0 amide bonds. The van der Waals surface area contributed by atoms with Crippen LogP contribution in [-0.4, -0.2) is 12.3 Å². The zero-order valence-electron chi connectivity index (χ0n) is 7.63. The Labute approximate surface area is 74.2 Å². The number of halogens is 1. The van der Waals surface area contributed by atoms with Gasteiger partial charge in [-0.15, -0.1) is 0 Å². The average molecular weight is 174 g/mol. The summed E-state index contributed by atoms with van der Waals surface area (Å²) in [6, 6.07) is 0.351. The number of allylic oxidation sites excluding steroid dienone is 2. The van der Waals surface area contributed by atoms with E-state index in [-0.39, 0.29) is 0 Å². The molecular formula is C9H16ClN. The Hall–Kier alpha value is -0.300. The summed E-state index contributed by atoms with van der Waals surface area (Å²) in [4.78, 5) is 4.27. The molecule has 0 spiro atoms. The lowest BCUT2D eigenvalue weighted by molar-refractivity contribution is 0.533. The lowest BCUT2D eigenvalue weighted by Gasteiger charge is -2.08. The molecule has 0 aliphatic carbocycles. The minimum absolute atomic E-state index is 0.351. The Morgan fingerprint density at radius 3 is 2.27 bits per heavy atom. The monoisotopic (exact) mass is 173 g/mol. The van der Waals surface area contributed by atoms with Gasteiger partial charge in [-0.25, -0.2) is 0 Å². The van der Waals surface area contributed by atoms with Crippen molar-refractivity contribution in [2.75, 3.05) is 0 Å². The summed E-state index contributed by atoms with van der Waals surface area (Å²) in [6.45, 7) is 8.27. The topological polar surface area (TPSA) is 12.4 Å². The Morgan fingerprint density at radius 1 is 1.36 bits per heavy atom. The van der Waals surface area contributed by atoms with E-state index in [1.807, 2.05) is 13.0 Å². The fourth-order valence-electron chi connectivity index (χ4n) is 0.435. The molecule has 0 saturated carbocycles. The highest BCUT2D eigenvalue weighted by molar-refractivity contribution is 6.39. The molecule has 1 nitrogen and oxygen atoms in total. The molecular weight excluding hydrogens is 158 g/mol. The molecule has 11 heavy (non-hydrogen) atoms. The van der Waals surface area contributed by atoms with Gasteiger partial charge in [0.15, 0.2) is 0 Å². The van der Waals surface area contributed by atoms with Crippen molar-refractivity contribution in [2.45, 2.75) is 33.7 Å². The van der Waals surface area contributed by atoms with Gasteiger partial charge in [-0.3, -0.25) is 4.99 Å². The highest BCUT2D eigenvalue weighted by atomic mass is 35.5. The van der Waals surface area contributed by atoms with Gasteiger partial charge in [0.1, 0.15) is 0 Å². The zero-order valence-corrected chi connectivity index (χ0v) is 8.39. The molecule has 2 heteroatoms. The van der Waals surface area contributed by atoms with Gasteiger partial charge in [0.05, 0.1) is 5.03 Å². The van der Waals surface area contributed by atoms with Crippen molar-refractivity contribution >= 4 is 17.8 Å². The molecule has 0 aromatic rings. The number of hydrogen-bond acceptors (Lipinski definition) is 1. The summed E-state index contributed by atoms with van der Waals surface area (Å²) < 4.78 is 0. The summed E-state index contributed by atoms with van der Waals surface area (Å²) in [6.07, 6.45) is 3.55. The smallest absolute Gasteiger partial charge is 0.0541 e. The Kier molecular flexibility index (Phi) is 5.22. The second-order valence-corrected chi connectivity index (χ2v) is 3.37. The van der Waals surface area contributed by atoms with Gasteiger partial charge < -0.3 is 0 Å². The van der Waals surface area contributed by atoms with Crippen LogP contribution < -0.4 is 0 Å². The molecule has 0 aliphatic heterocycles. The van der Waals surface area contributed by atoms with Crippen LogP contribution >= 0.6 is 11.6 Å². The number of hydrogen-bond donors (Lipinski definition) is 0. The molecule has 0 radical (unpaired) electrons. The first kappa shape index (κ1) is 10.7. The standard InChI is InChI=1S/C9H16ClN/c1-5-9(10)6-11-8(4)7(2)3/h5-8H,1-4H3/b9-5+,11-6?. The highest BCUT2D eigenvalue weighted by Crippen LogP contribution is 2.05. The average Bonchev–Trinajstić information content (AvgIpc) is 1.99. The lowest BCUT2D eigenvalue weighted by Crippen LogP contribution is -2.07. The molecule has 0 aliphatic rings. The predicted octanol–water partition coefficient (Wildman–Crippen LogP) is 3.24. The van der Waals surface area contributed by atoms with Crippen LogP contribution in [0.15, 0.2) is 16.1 Å². The summed E-state index contributed by atoms with van der Waals surface area (Å²) in [5.74, 6) is 0.576. The van der Waals surface area contributed by atoms with Crippen molar-refractivity contribution in [2.24, 2.45) is 10.9 Å². The van der Waals surface area contributed by atoms with E-state index >= 15 is 0 Å². The predicted molar refractivity (Wildman–Crippen MR) is 52.4 cm³/mol. The lowest BCUT2D eigenvalue weighted by atomic mass is 10.1. The first-order chi connectivity index (χ1) is 5.07. The third-order valence-corrected chi connectivity index (χ3v) is 1.99. The molecule has 1 unspecified atom stereocenters. The molecule has 0 rings (SSSR count). The molecule has 0 bridgehead atoms. The van der Waals surface area contributed by atoms with Gasteiger partial charge in [0.25, 0.3) is 0 Å². The minimum Gasteiger partial charge on any atom is -0.288 e. The van der Waals surface area contributed by atoms with Crippen LogP contribution in [0, 0.1) is 5.92 Å². The highest BCUT2D eigenvalue weighted by Gasteiger charge is 2.02. The van der Waals surface area contributed by atoms with Crippen LogP contribution in [0.1, 0.15) is 27.7 Å². The first-order valence-corrected chi connectivity index (χ1v) is 4.30. The van der Waals surface area contributed by atoms with E-state index in [0.29, 0.717) is 17.0 Å². The second kappa shape index (κ2) is 5.36. The largest absolute Gasteiger partial charge is 0.288 e. The maximum absolute atomic E-state index is 5.73. The van der Waals surface area contributed by atoms with Crippen molar-refractivity contribution in [1.29, 1.82) is 0 Å². The molecule has 0 aromatic carbocycles. The van der Waals surface area contributed by atoms with Crippen LogP contribution in [0.25, 0.3) is 0 Å². The van der Waals surface area contributed by atoms with Gasteiger partial charge in [-0.05, 0) is 19.8 Å². The summed E-state index contributed by atoms with van der Waals surface area (Å²) in [7, 11) is 0. The van der Waals surface area contributed by atoms with Gasteiger partial charge in [0, 0.05) is 12.3 Å². The first-order valence-electron chi connectivity index (χ1n) is 3.93. The SMILES string of the molecule is C/C=C(/Cl)C=NC(C)C(C)C. The molecule has 0 fully saturated rings. The molecule has 0 saturated heterocycles. The molecule has 0 N–H and O–H groups in total. The van der Waals surface area contributed by atoms with E-state index in [4.69, 9.17) is 11.6 Å². The van der Waals surface area contributed by atoms with Gasteiger partial charge in [-0.2, -0.15) is 0 Å². The van der Waals surface area contributed by atoms with Crippen LogP contribution in [0.2, 0.25) is 0 Å². The summed E-state index contributed by atoms with van der Waals surface area (Å²) >= 11 is 5.73. The fraction of sp³-hybridized carbons (Fsp3) is 0.667. The number of aliphatic imine (C=N–C) groups is 1. The van der Waals surface area contributed by atoms with Crippen molar-refractivity contribution in [1.82, 2.24) is 0 Å². The summed E-state index contributed by atoms with van der Waals surface area (Å²) in [5.41, 5.74) is 0. The molecule has 0 heterocycles. The minimum atomic E-state index is 0.351. The van der Waals surface area contributed by atoms with Gasteiger partial charge in [0.2, 0.25) is 0 Å². The van der Waals surface area contributed by atoms with E-state index in [9.17, 15) is 0 Å². The third-order valence-electron chi connectivity index (χ3n) is 1.67. The quantitative estimate of drug-likeness (QED) is 0.581. The van der Waals surface area contributed by atoms with E-state index < -0.39 is 0 Å². The zero-order chi connectivity index (χ0) is 8.85. The van der Waals surface area contributed by atoms with Crippen molar-refractivity contribution < 1.29 is 0 Å². The fourth-order valence-corrected chi connectivity index (χ4v) is 0.492. The van der Waals surface area contributed by atoms with Crippen LogP contribution in [-0.2, 0) is 0 Å². The van der Waals surface area contributed by atoms with Crippen molar-refractivity contribution in [3.8, 4) is 0 Å². The van der Waals surface area contributed by atoms with Gasteiger partial charge in [-0.1, -0.05) is 31.5 Å². The molecule has 1 atom stereocenters. The maximum atomic E-state index is 5.73. The number of rotatable bonds is 3. The van der Waals surface area contributed by atoms with E-state index in [0.717, 1.165) is 0 Å². The Balaban J connectivity index is 3.93. The normalized spacial score (nSPS) is 16.4. The van der Waals surface area contributed by atoms with Crippen molar-refractivity contribution in [3.05, 3.63) is 11.1 Å². The van der Waals surface area contributed by atoms with Gasteiger partial charge >= 0.3 is 0 Å². The maximum Gasteiger partial charge on any atom is 0.0541 e. The second-order valence-electron chi connectivity index (χ2n) is 2.94. The van der Waals surface area contributed by atoms with E-state index in [2.05, 4.69) is 25.8 Å². The van der Waals surface area contributed by atoms with Crippen molar-refractivity contribution in [3.63, 3.8) is 0 Å². The summed E-state index contributed by atoms with van der Waals surface area (Å²) in [5, 5.41) is 0.706.